The lowest BCUT2D eigenvalue weighted by Crippen LogP contribution is -2.39. The molecule has 3 nitrogen and oxygen atoms in total. The van der Waals surface area contributed by atoms with E-state index in [-0.39, 0.29) is 5.92 Å². The van der Waals surface area contributed by atoms with Crippen LogP contribution in [0, 0.1) is 5.92 Å². The molecule has 1 aliphatic carbocycles. The molecule has 0 aliphatic heterocycles. The monoisotopic (exact) mass is 324 g/mol. The highest BCUT2D eigenvalue weighted by Gasteiger charge is 2.29. The van der Waals surface area contributed by atoms with Crippen LogP contribution in [0.1, 0.15) is 50.3 Å². The van der Waals surface area contributed by atoms with Crippen LogP contribution in [0.2, 0.25) is 0 Å². The molecule has 0 radical (unpaired) electrons. The summed E-state index contributed by atoms with van der Waals surface area (Å²) in [5.74, 6) is 0.640. The Kier molecular flexibility index (Phi) is 5.73. The fraction of sp³-hybridized carbons (Fsp3) is 0.476. The van der Waals surface area contributed by atoms with Crippen molar-refractivity contribution in [3.8, 4) is 0 Å². The predicted molar refractivity (Wildman–Crippen MR) is 97.6 cm³/mol. The van der Waals surface area contributed by atoms with Crippen LogP contribution in [-0.2, 0) is 17.9 Å². The standard InChI is InChI=1S/C21H28N2O/c1-2-3-14-23(21(24)19-11-7-12-19)17-20-13-8-15-22(20)16-18-9-5-4-6-10-18/h4-6,8-10,13,15,19H,2-3,7,11-12,14,16-17H2,1H3. The summed E-state index contributed by atoms with van der Waals surface area (Å²) >= 11 is 0. The lowest BCUT2D eigenvalue weighted by molar-refractivity contribution is -0.139. The molecule has 1 aromatic heterocycles. The van der Waals surface area contributed by atoms with Crippen molar-refractivity contribution in [3.05, 3.63) is 59.9 Å². The third-order valence-electron chi connectivity index (χ3n) is 5.02. The largest absolute Gasteiger partial charge is 0.345 e. The Morgan fingerprint density at radius 1 is 1.17 bits per heavy atom. The molecule has 0 N–H and O–H groups in total. The summed E-state index contributed by atoms with van der Waals surface area (Å²) in [4.78, 5) is 14.8. The molecular formula is C21H28N2O. The van der Waals surface area contributed by atoms with E-state index in [1.807, 2.05) is 6.07 Å². The molecule has 1 saturated carbocycles. The van der Waals surface area contributed by atoms with E-state index in [9.17, 15) is 4.79 Å². The lowest BCUT2D eigenvalue weighted by atomic mass is 9.84. The minimum absolute atomic E-state index is 0.277. The van der Waals surface area contributed by atoms with Gasteiger partial charge >= 0.3 is 0 Å². The summed E-state index contributed by atoms with van der Waals surface area (Å²) in [5, 5.41) is 0. The number of unbranched alkanes of at least 4 members (excludes halogenated alkanes) is 1. The Balaban J connectivity index is 1.70. The van der Waals surface area contributed by atoms with Gasteiger partial charge in [-0.15, -0.1) is 0 Å². The third kappa shape index (κ3) is 4.08. The summed E-state index contributed by atoms with van der Waals surface area (Å²) in [5.41, 5.74) is 2.52. The van der Waals surface area contributed by atoms with E-state index in [0.29, 0.717) is 5.91 Å². The van der Waals surface area contributed by atoms with Gasteiger partial charge in [-0.3, -0.25) is 4.79 Å². The van der Waals surface area contributed by atoms with Crippen LogP contribution < -0.4 is 0 Å². The molecule has 1 amide bonds. The average Bonchev–Trinajstić information content (AvgIpc) is 2.97. The van der Waals surface area contributed by atoms with E-state index in [1.165, 1.54) is 17.7 Å². The number of carbonyl (C=O) groups is 1. The summed E-state index contributed by atoms with van der Waals surface area (Å²) in [6, 6.07) is 14.7. The Bertz CT molecular complexity index is 643. The molecule has 3 heteroatoms. The van der Waals surface area contributed by atoms with Crippen LogP contribution in [0.15, 0.2) is 48.7 Å². The van der Waals surface area contributed by atoms with E-state index in [4.69, 9.17) is 0 Å². The number of nitrogens with zero attached hydrogens (tertiary/aromatic N) is 2. The second kappa shape index (κ2) is 8.18. The van der Waals surface area contributed by atoms with Crippen LogP contribution in [0.25, 0.3) is 0 Å². The molecule has 1 heterocycles. The van der Waals surface area contributed by atoms with Gasteiger partial charge in [0.15, 0.2) is 0 Å². The number of benzene rings is 1. The lowest BCUT2D eigenvalue weighted by Gasteiger charge is -2.32. The second-order valence-corrected chi connectivity index (χ2v) is 6.85. The van der Waals surface area contributed by atoms with Crippen molar-refractivity contribution >= 4 is 5.91 Å². The highest BCUT2D eigenvalue weighted by molar-refractivity contribution is 5.79. The fourth-order valence-corrected chi connectivity index (χ4v) is 3.25. The zero-order valence-electron chi connectivity index (χ0n) is 14.7. The second-order valence-electron chi connectivity index (χ2n) is 6.85. The molecule has 1 fully saturated rings. The van der Waals surface area contributed by atoms with E-state index < -0.39 is 0 Å². The number of aromatic nitrogens is 1. The fourth-order valence-electron chi connectivity index (χ4n) is 3.25. The normalized spacial score (nSPS) is 14.4. The van der Waals surface area contributed by atoms with Crippen molar-refractivity contribution < 1.29 is 4.79 Å². The first kappa shape index (κ1) is 16.8. The van der Waals surface area contributed by atoms with E-state index in [2.05, 4.69) is 59.0 Å². The number of carbonyl (C=O) groups excluding carboxylic acids is 1. The van der Waals surface area contributed by atoms with Gasteiger partial charge in [-0.1, -0.05) is 50.1 Å². The topological polar surface area (TPSA) is 25.2 Å². The number of rotatable bonds is 8. The Hall–Kier alpha value is -2.03. The van der Waals surface area contributed by atoms with Crippen molar-refractivity contribution in [2.45, 2.75) is 52.1 Å². The Morgan fingerprint density at radius 3 is 2.62 bits per heavy atom. The Labute approximate surface area is 145 Å². The van der Waals surface area contributed by atoms with Crippen LogP contribution in [0.5, 0.6) is 0 Å². The SMILES string of the molecule is CCCCN(Cc1cccn1Cc1ccccc1)C(=O)C1CCC1. The van der Waals surface area contributed by atoms with Crippen molar-refractivity contribution in [2.75, 3.05) is 6.54 Å². The molecule has 2 aromatic rings. The van der Waals surface area contributed by atoms with Crippen molar-refractivity contribution in [1.29, 1.82) is 0 Å². The van der Waals surface area contributed by atoms with Gasteiger partial charge in [-0.25, -0.2) is 0 Å². The smallest absolute Gasteiger partial charge is 0.226 e. The molecule has 3 rings (SSSR count). The van der Waals surface area contributed by atoms with Crippen LogP contribution in [0.3, 0.4) is 0 Å². The van der Waals surface area contributed by atoms with Gasteiger partial charge in [0.05, 0.1) is 6.54 Å². The first-order valence-corrected chi connectivity index (χ1v) is 9.24. The number of hydrogen-bond acceptors (Lipinski definition) is 1. The van der Waals surface area contributed by atoms with Crippen LogP contribution >= 0.6 is 0 Å². The quantitative estimate of drug-likeness (QED) is 0.703. The number of amides is 1. The molecule has 1 aromatic carbocycles. The first-order chi connectivity index (χ1) is 11.8. The molecule has 1 aliphatic rings. The molecule has 0 atom stereocenters. The van der Waals surface area contributed by atoms with Crippen LogP contribution in [-0.4, -0.2) is 21.9 Å². The highest BCUT2D eigenvalue weighted by Crippen LogP contribution is 2.29. The summed E-state index contributed by atoms with van der Waals surface area (Å²) in [6.07, 6.45) is 7.69. The first-order valence-electron chi connectivity index (χ1n) is 9.24. The summed E-state index contributed by atoms with van der Waals surface area (Å²) in [6.45, 7) is 4.66. The zero-order valence-corrected chi connectivity index (χ0v) is 14.7. The van der Waals surface area contributed by atoms with Gasteiger partial charge in [0, 0.05) is 30.9 Å². The molecule has 0 saturated heterocycles. The number of hydrogen-bond donors (Lipinski definition) is 0. The van der Waals surface area contributed by atoms with E-state index >= 15 is 0 Å². The van der Waals surface area contributed by atoms with Crippen molar-refractivity contribution in [2.24, 2.45) is 5.92 Å². The van der Waals surface area contributed by atoms with Gasteiger partial charge in [0.1, 0.15) is 0 Å². The maximum Gasteiger partial charge on any atom is 0.226 e. The highest BCUT2D eigenvalue weighted by atomic mass is 16.2. The maximum absolute atomic E-state index is 12.7. The van der Waals surface area contributed by atoms with Crippen LogP contribution in [0.4, 0.5) is 0 Å². The third-order valence-corrected chi connectivity index (χ3v) is 5.02. The summed E-state index contributed by atoms with van der Waals surface area (Å²) in [7, 11) is 0. The van der Waals surface area contributed by atoms with Gasteiger partial charge in [-0.05, 0) is 37.0 Å². The van der Waals surface area contributed by atoms with Crippen molar-refractivity contribution in [1.82, 2.24) is 9.47 Å². The molecule has 0 spiro atoms. The molecular weight excluding hydrogens is 296 g/mol. The molecule has 128 valence electrons. The average molecular weight is 324 g/mol. The Morgan fingerprint density at radius 2 is 1.96 bits per heavy atom. The molecule has 0 bridgehead atoms. The maximum atomic E-state index is 12.7. The summed E-state index contributed by atoms with van der Waals surface area (Å²) < 4.78 is 2.27. The minimum Gasteiger partial charge on any atom is -0.345 e. The molecule has 24 heavy (non-hydrogen) atoms. The van der Waals surface area contributed by atoms with E-state index in [0.717, 1.165) is 45.3 Å². The van der Waals surface area contributed by atoms with Crippen molar-refractivity contribution in [3.63, 3.8) is 0 Å². The zero-order chi connectivity index (χ0) is 16.8. The van der Waals surface area contributed by atoms with E-state index in [1.54, 1.807) is 0 Å². The minimum atomic E-state index is 0.277. The van der Waals surface area contributed by atoms with Gasteiger partial charge < -0.3 is 9.47 Å². The van der Waals surface area contributed by atoms with Gasteiger partial charge in [0.2, 0.25) is 5.91 Å². The van der Waals surface area contributed by atoms with Gasteiger partial charge in [0.25, 0.3) is 0 Å². The molecule has 0 unspecified atom stereocenters. The van der Waals surface area contributed by atoms with Gasteiger partial charge in [-0.2, -0.15) is 0 Å². The predicted octanol–water partition coefficient (Wildman–Crippen LogP) is 4.47.